The number of benzene rings is 2. The molecule has 0 aliphatic heterocycles. The zero-order chi connectivity index (χ0) is 19.4. The number of amides is 1. The van der Waals surface area contributed by atoms with Gasteiger partial charge in [0.15, 0.2) is 5.82 Å². The van der Waals surface area contributed by atoms with Gasteiger partial charge in [0.25, 0.3) is 5.91 Å². The number of aromatic nitrogens is 2. The minimum atomic E-state index is -0.0916. The fraction of sp³-hybridized carbons (Fsp3) is 0.227. The Kier molecular flexibility index (Phi) is 5.50. The Morgan fingerprint density at radius 1 is 1.04 bits per heavy atom. The molecule has 5 heteroatoms. The van der Waals surface area contributed by atoms with E-state index in [1.165, 1.54) is 0 Å². The third-order valence-electron chi connectivity index (χ3n) is 4.56. The standard InChI is InChI=1S/C22H24N4O/c1-5-25(3)22(27)19-15-23-20(17-11-9-10-16(2)14-17)24-21(19)26(4)18-12-7-6-8-13-18/h6-15H,5H2,1-4H3. The zero-order valence-corrected chi connectivity index (χ0v) is 16.2. The Balaban J connectivity index is 2.13. The molecule has 3 rings (SSSR count). The van der Waals surface area contributed by atoms with Gasteiger partial charge in [-0.1, -0.05) is 42.0 Å². The molecule has 0 unspecified atom stereocenters. The summed E-state index contributed by atoms with van der Waals surface area (Å²) in [6.45, 7) is 4.60. The van der Waals surface area contributed by atoms with Gasteiger partial charge in [-0.2, -0.15) is 0 Å². The molecule has 0 saturated heterocycles. The molecular formula is C22H24N4O. The number of hydrogen-bond acceptors (Lipinski definition) is 4. The van der Waals surface area contributed by atoms with Crippen molar-refractivity contribution in [2.45, 2.75) is 13.8 Å². The molecule has 2 aromatic carbocycles. The highest BCUT2D eigenvalue weighted by Crippen LogP contribution is 2.28. The monoisotopic (exact) mass is 360 g/mol. The van der Waals surface area contributed by atoms with Gasteiger partial charge in [-0.15, -0.1) is 0 Å². The Morgan fingerprint density at radius 3 is 2.44 bits per heavy atom. The largest absolute Gasteiger partial charge is 0.342 e. The number of nitrogens with zero attached hydrogens (tertiary/aromatic N) is 4. The predicted octanol–water partition coefficient (Wildman–Crippen LogP) is 4.31. The summed E-state index contributed by atoms with van der Waals surface area (Å²) in [5.74, 6) is 1.11. The first-order valence-electron chi connectivity index (χ1n) is 8.99. The number of hydrogen-bond donors (Lipinski definition) is 0. The summed E-state index contributed by atoms with van der Waals surface area (Å²) < 4.78 is 0. The molecule has 0 saturated carbocycles. The van der Waals surface area contributed by atoms with Crippen LogP contribution in [0, 0.1) is 6.92 Å². The zero-order valence-electron chi connectivity index (χ0n) is 16.2. The van der Waals surface area contributed by atoms with E-state index in [0.29, 0.717) is 23.8 Å². The lowest BCUT2D eigenvalue weighted by Crippen LogP contribution is -2.28. The van der Waals surface area contributed by atoms with Gasteiger partial charge in [0, 0.05) is 38.1 Å². The maximum atomic E-state index is 12.9. The van der Waals surface area contributed by atoms with Gasteiger partial charge in [-0.05, 0) is 32.0 Å². The molecule has 0 fully saturated rings. The second-order valence-electron chi connectivity index (χ2n) is 6.51. The second kappa shape index (κ2) is 7.99. The molecule has 5 nitrogen and oxygen atoms in total. The van der Waals surface area contributed by atoms with Crippen molar-refractivity contribution in [3.8, 4) is 11.4 Å². The van der Waals surface area contributed by atoms with E-state index in [4.69, 9.17) is 4.98 Å². The fourth-order valence-electron chi connectivity index (χ4n) is 2.83. The Labute approximate surface area is 160 Å². The van der Waals surface area contributed by atoms with Crippen molar-refractivity contribution in [3.63, 3.8) is 0 Å². The molecule has 0 spiro atoms. The molecule has 0 aliphatic rings. The normalized spacial score (nSPS) is 10.5. The Morgan fingerprint density at radius 2 is 1.78 bits per heavy atom. The average Bonchev–Trinajstić information content (AvgIpc) is 2.72. The molecule has 1 heterocycles. The third kappa shape index (κ3) is 3.97. The predicted molar refractivity (Wildman–Crippen MR) is 109 cm³/mol. The van der Waals surface area contributed by atoms with Crippen LogP contribution < -0.4 is 4.90 Å². The Bertz CT molecular complexity index is 940. The first-order valence-corrected chi connectivity index (χ1v) is 8.99. The van der Waals surface area contributed by atoms with Crippen molar-refractivity contribution < 1.29 is 4.79 Å². The maximum Gasteiger partial charge on any atom is 0.258 e. The van der Waals surface area contributed by atoms with Gasteiger partial charge in [-0.25, -0.2) is 9.97 Å². The molecule has 1 aromatic heterocycles. The molecule has 0 N–H and O–H groups in total. The lowest BCUT2D eigenvalue weighted by molar-refractivity contribution is 0.0802. The van der Waals surface area contributed by atoms with Crippen LogP contribution in [0.4, 0.5) is 11.5 Å². The van der Waals surface area contributed by atoms with Gasteiger partial charge in [0.2, 0.25) is 0 Å². The molecule has 1 amide bonds. The van der Waals surface area contributed by atoms with Gasteiger partial charge in [0.1, 0.15) is 11.4 Å². The molecule has 0 atom stereocenters. The van der Waals surface area contributed by atoms with Crippen LogP contribution in [0.3, 0.4) is 0 Å². The Hall–Kier alpha value is -3.21. The van der Waals surface area contributed by atoms with E-state index in [0.717, 1.165) is 16.8 Å². The maximum absolute atomic E-state index is 12.9. The molecule has 3 aromatic rings. The number of anilines is 2. The minimum absolute atomic E-state index is 0.0916. The van der Waals surface area contributed by atoms with Crippen molar-refractivity contribution in [2.75, 3.05) is 25.5 Å². The summed E-state index contributed by atoms with van der Waals surface area (Å²) >= 11 is 0. The van der Waals surface area contributed by atoms with Gasteiger partial charge >= 0.3 is 0 Å². The summed E-state index contributed by atoms with van der Waals surface area (Å²) in [5, 5.41) is 0. The highest BCUT2D eigenvalue weighted by Gasteiger charge is 2.21. The van der Waals surface area contributed by atoms with Crippen LogP contribution in [-0.4, -0.2) is 41.4 Å². The van der Waals surface area contributed by atoms with E-state index in [9.17, 15) is 4.79 Å². The summed E-state index contributed by atoms with van der Waals surface area (Å²) in [5.41, 5.74) is 3.52. The average molecular weight is 360 g/mol. The molecule has 0 radical (unpaired) electrons. The van der Waals surface area contributed by atoms with Crippen LogP contribution >= 0.6 is 0 Å². The molecular weight excluding hydrogens is 336 g/mol. The summed E-state index contributed by atoms with van der Waals surface area (Å²) in [7, 11) is 3.70. The second-order valence-corrected chi connectivity index (χ2v) is 6.51. The van der Waals surface area contributed by atoms with E-state index in [1.54, 1.807) is 18.1 Å². The van der Waals surface area contributed by atoms with E-state index < -0.39 is 0 Å². The quantitative estimate of drug-likeness (QED) is 0.680. The molecule has 138 valence electrons. The molecule has 0 bridgehead atoms. The number of carbonyl (C=O) groups is 1. The van der Waals surface area contributed by atoms with Crippen LogP contribution in [0.25, 0.3) is 11.4 Å². The number of para-hydroxylation sites is 1. The number of carbonyl (C=O) groups excluding carboxylic acids is 1. The van der Waals surface area contributed by atoms with Crippen molar-refractivity contribution in [2.24, 2.45) is 0 Å². The first kappa shape index (κ1) is 18.6. The molecule has 27 heavy (non-hydrogen) atoms. The smallest absolute Gasteiger partial charge is 0.258 e. The highest BCUT2D eigenvalue weighted by molar-refractivity contribution is 5.99. The number of aryl methyl sites for hydroxylation is 1. The van der Waals surface area contributed by atoms with Crippen molar-refractivity contribution in [1.29, 1.82) is 0 Å². The third-order valence-corrected chi connectivity index (χ3v) is 4.56. The van der Waals surface area contributed by atoms with Gasteiger partial charge in [0.05, 0.1) is 0 Å². The van der Waals surface area contributed by atoms with E-state index in [-0.39, 0.29) is 5.91 Å². The van der Waals surface area contributed by atoms with Crippen LogP contribution in [-0.2, 0) is 0 Å². The van der Waals surface area contributed by atoms with Crippen molar-refractivity contribution >= 4 is 17.4 Å². The van der Waals surface area contributed by atoms with Crippen molar-refractivity contribution in [3.05, 3.63) is 71.9 Å². The van der Waals surface area contributed by atoms with E-state index in [1.807, 2.05) is 80.4 Å². The van der Waals surface area contributed by atoms with Gasteiger partial charge in [-0.3, -0.25) is 4.79 Å². The first-order chi connectivity index (χ1) is 13.0. The SMILES string of the molecule is CCN(C)C(=O)c1cnc(-c2cccc(C)c2)nc1N(C)c1ccccc1. The van der Waals surface area contributed by atoms with Crippen LogP contribution in [0.2, 0.25) is 0 Å². The highest BCUT2D eigenvalue weighted by atomic mass is 16.2. The summed E-state index contributed by atoms with van der Waals surface area (Å²) in [6, 6.07) is 17.9. The van der Waals surface area contributed by atoms with E-state index in [2.05, 4.69) is 4.98 Å². The number of rotatable bonds is 5. The summed E-state index contributed by atoms with van der Waals surface area (Å²) in [4.78, 5) is 25.7. The van der Waals surface area contributed by atoms with Crippen LogP contribution in [0.5, 0.6) is 0 Å². The minimum Gasteiger partial charge on any atom is -0.342 e. The van der Waals surface area contributed by atoms with Crippen LogP contribution in [0.15, 0.2) is 60.8 Å². The lowest BCUT2D eigenvalue weighted by Gasteiger charge is -2.23. The summed E-state index contributed by atoms with van der Waals surface area (Å²) in [6.07, 6.45) is 1.63. The van der Waals surface area contributed by atoms with Crippen molar-refractivity contribution in [1.82, 2.24) is 14.9 Å². The van der Waals surface area contributed by atoms with E-state index >= 15 is 0 Å². The lowest BCUT2D eigenvalue weighted by atomic mass is 10.1. The fourth-order valence-corrected chi connectivity index (χ4v) is 2.83. The topological polar surface area (TPSA) is 49.3 Å². The van der Waals surface area contributed by atoms with Gasteiger partial charge < -0.3 is 9.80 Å². The molecule has 0 aliphatic carbocycles. The van der Waals surface area contributed by atoms with Crippen LogP contribution in [0.1, 0.15) is 22.8 Å².